The lowest BCUT2D eigenvalue weighted by molar-refractivity contribution is 0.152. The van der Waals surface area contributed by atoms with E-state index in [9.17, 15) is 0 Å². The second-order valence-corrected chi connectivity index (χ2v) is 5.46. The van der Waals surface area contributed by atoms with Crippen molar-refractivity contribution in [2.24, 2.45) is 17.6 Å². The summed E-state index contributed by atoms with van der Waals surface area (Å²) in [5.41, 5.74) is 5.91. The van der Waals surface area contributed by atoms with Crippen LogP contribution < -0.4 is 5.73 Å². The van der Waals surface area contributed by atoms with Gasteiger partial charge in [-0.1, -0.05) is 13.8 Å². The number of rotatable bonds is 6. The first kappa shape index (κ1) is 10.4. The maximum Gasteiger partial charge on any atom is 0.0249 e. The zero-order valence-corrected chi connectivity index (χ0v) is 9.58. The SMILES string of the molecule is CC(C)CN(C1CC1)C(CN)C1CC1. The Morgan fingerprint density at radius 2 is 1.86 bits per heavy atom. The maximum absolute atomic E-state index is 5.91. The minimum absolute atomic E-state index is 0.699. The molecular weight excluding hydrogens is 172 g/mol. The number of hydrogen-bond acceptors (Lipinski definition) is 2. The Morgan fingerprint density at radius 3 is 2.21 bits per heavy atom. The Hall–Kier alpha value is -0.0800. The standard InChI is InChI=1S/C12H24N2/c1-9(2)8-14(11-5-6-11)12(7-13)10-3-4-10/h9-12H,3-8,13H2,1-2H3. The Balaban J connectivity index is 1.92. The fourth-order valence-corrected chi connectivity index (χ4v) is 2.46. The lowest BCUT2D eigenvalue weighted by Gasteiger charge is -2.32. The molecule has 0 aliphatic heterocycles. The zero-order valence-electron chi connectivity index (χ0n) is 9.58. The molecule has 2 N–H and O–H groups in total. The third-order valence-electron chi connectivity index (χ3n) is 3.43. The van der Waals surface area contributed by atoms with Gasteiger partial charge in [0.05, 0.1) is 0 Å². The monoisotopic (exact) mass is 196 g/mol. The molecule has 14 heavy (non-hydrogen) atoms. The van der Waals surface area contributed by atoms with E-state index < -0.39 is 0 Å². The van der Waals surface area contributed by atoms with Gasteiger partial charge in [-0.15, -0.1) is 0 Å². The second kappa shape index (κ2) is 4.19. The van der Waals surface area contributed by atoms with Crippen molar-refractivity contribution in [2.45, 2.75) is 51.6 Å². The van der Waals surface area contributed by atoms with Crippen LogP contribution in [0.2, 0.25) is 0 Å². The minimum Gasteiger partial charge on any atom is -0.329 e. The number of hydrogen-bond donors (Lipinski definition) is 1. The van der Waals surface area contributed by atoms with Gasteiger partial charge in [0.2, 0.25) is 0 Å². The van der Waals surface area contributed by atoms with Crippen molar-refractivity contribution in [2.75, 3.05) is 13.1 Å². The lowest BCUT2D eigenvalue weighted by Crippen LogP contribution is -2.45. The molecule has 82 valence electrons. The summed E-state index contributed by atoms with van der Waals surface area (Å²) in [6.45, 7) is 6.75. The fraction of sp³-hybridized carbons (Fsp3) is 1.00. The first-order valence-corrected chi connectivity index (χ1v) is 6.18. The third-order valence-corrected chi connectivity index (χ3v) is 3.43. The summed E-state index contributed by atoms with van der Waals surface area (Å²) in [7, 11) is 0. The summed E-state index contributed by atoms with van der Waals surface area (Å²) in [6.07, 6.45) is 5.66. The molecule has 2 nitrogen and oxygen atoms in total. The molecule has 2 aliphatic carbocycles. The first-order chi connectivity index (χ1) is 6.72. The molecule has 0 spiro atoms. The van der Waals surface area contributed by atoms with Crippen molar-refractivity contribution in [3.63, 3.8) is 0 Å². The van der Waals surface area contributed by atoms with E-state index in [1.165, 1.54) is 32.2 Å². The van der Waals surface area contributed by atoms with Crippen molar-refractivity contribution >= 4 is 0 Å². The van der Waals surface area contributed by atoms with E-state index in [1.54, 1.807) is 0 Å². The van der Waals surface area contributed by atoms with Crippen molar-refractivity contribution in [3.8, 4) is 0 Å². The molecule has 0 aromatic carbocycles. The first-order valence-electron chi connectivity index (χ1n) is 6.18. The average molecular weight is 196 g/mol. The molecule has 2 heteroatoms. The number of nitrogens with zero attached hydrogens (tertiary/aromatic N) is 1. The van der Waals surface area contributed by atoms with Crippen LogP contribution in [0, 0.1) is 11.8 Å². The molecule has 0 saturated heterocycles. The summed E-state index contributed by atoms with van der Waals surface area (Å²) in [4.78, 5) is 2.71. The molecule has 2 rings (SSSR count). The molecule has 0 amide bonds. The summed E-state index contributed by atoms with van der Waals surface area (Å²) in [6, 6.07) is 1.58. The lowest BCUT2D eigenvalue weighted by atomic mass is 10.1. The highest BCUT2D eigenvalue weighted by Crippen LogP contribution is 2.39. The highest BCUT2D eigenvalue weighted by Gasteiger charge is 2.40. The van der Waals surface area contributed by atoms with E-state index >= 15 is 0 Å². The quantitative estimate of drug-likeness (QED) is 0.702. The maximum atomic E-state index is 5.91. The molecular formula is C12H24N2. The molecule has 1 unspecified atom stereocenters. The van der Waals surface area contributed by atoms with Crippen LogP contribution >= 0.6 is 0 Å². The van der Waals surface area contributed by atoms with Gasteiger partial charge in [-0.05, 0) is 37.5 Å². The van der Waals surface area contributed by atoms with Crippen molar-refractivity contribution < 1.29 is 0 Å². The molecule has 2 aliphatic rings. The Morgan fingerprint density at radius 1 is 1.21 bits per heavy atom. The molecule has 1 atom stereocenters. The largest absolute Gasteiger partial charge is 0.329 e. The van der Waals surface area contributed by atoms with Crippen LogP contribution in [0.25, 0.3) is 0 Å². The molecule has 0 bridgehead atoms. The van der Waals surface area contributed by atoms with Crippen molar-refractivity contribution in [1.82, 2.24) is 4.90 Å². The van der Waals surface area contributed by atoms with Crippen LogP contribution in [0.4, 0.5) is 0 Å². The summed E-state index contributed by atoms with van der Waals surface area (Å²) < 4.78 is 0. The van der Waals surface area contributed by atoms with Crippen molar-refractivity contribution in [1.29, 1.82) is 0 Å². The molecule has 0 aromatic rings. The predicted octanol–water partition coefficient (Wildman–Crippen LogP) is 1.84. The van der Waals surface area contributed by atoms with Gasteiger partial charge in [0, 0.05) is 25.2 Å². The van der Waals surface area contributed by atoms with Crippen LogP contribution in [0.5, 0.6) is 0 Å². The zero-order chi connectivity index (χ0) is 10.1. The Kier molecular flexibility index (Phi) is 3.13. The Bertz CT molecular complexity index is 183. The van der Waals surface area contributed by atoms with E-state index in [4.69, 9.17) is 5.73 Å². The minimum atomic E-state index is 0.699. The van der Waals surface area contributed by atoms with Gasteiger partial charge in [-0.3, -0.25) is 4.90 Å². The molecule has 0 aromatic heterocycles. The summed E-state index contributed by atoms with van der Waals surface area (Å²) in [5.74, 6) is 1.71. The highest BCUT2D eigenvalue weighted by atomic mass is 15.2. The van der Waals surface area contributed by atoms with E-state index in [1.807, 2.05) is 0 Å². The van der Waals surface area contributed by atoms with Gasteiger partial charge in [0.15, 0.2) is 0 Å². The van der Waals surface area contributed by atoms with Gasteiger partial charge in [0.1, 0.15) is 0 Å². The molecule has 2 fully saturated rings. The van der Waals surface area contributed by atoms with Crippen LogP contribution in [0.3, 0.4) is 0 Å². The normalized spacial score (nSPS) is 24.6. The summed E-state index contributed by atoms with van der Waals surface area (Å²) >= 11 is 0. The second-order valence-electron chi connectivity index (χ2n) is 5.46. The topological polar surface area (TPSA) is 29.3 Å². The van der Waals surface area contributed by atoms with Crippen LogP contribution in [-0.4, -0.2) is 30.1 Å². The predicted molar refractivity (Wildman–Crippen MR) is 60.1 cm³/mol. The van der Waals surface area contributed by atoms with Crippen LogP contribution in [0.1, 0.15) is 39.5 Å². The van der Waals surface area contributed by atoms with Gasteiger partial charge >= 0.3 is 0 Å². The average Bonchev–Trinajstić information content (AvgIpc) is 2.98. The van der Waals surface area contributed by atoms with Gasteiger partial charge < -0.3 is 5.73 Å². The highest BCUT2D eigenvalue weighted by molar-refractivity contribution is 4.95. The Labute approximate surface area is 87.8 Å². The van der Waals surface area contributed by atoms with Gasteiger partial charge in [-0.25, -0.2) is 0 Å². The van der Waals surface area contributed by atoms with E-state index in [2.05, 4.69) is 18.7 Å². The van der Waals surface area contributed by atoms with Gasteiger partial charge in [-0.2, -0.15) is 0 Å². The van der Waals surface area contributed by atoms with Crippen LogP contribution in [-0.2, 0) is 0 Å². The molecule has 0 heterocycles. The molecule has 0 radical (unpaired) electrons. The van der Waals surface area contributed by atoms with E-state index in [0.29, 0.717) is 6.04 Å². The third kappa shape index (κ3) is 2.48. The van der Waals surface area contributed by atoms with Gasteiger partial charge in [0.25, 0.3) is 0 Å². The fourth-order valence-electron chi connectivity index (χ4n) is 2.46. The van der Waals surface area contributed by atoms with Crippen molar-refractivity contribution in [3.05, 3.63) is 0 Å². The summed E-state index contributed by atoms with van der Waals surface area (Å²) in [5, 5.41) is 0. The van der Waals surface area contributed by atoms with Crippen LogP contribution in [0.15, 0.2) is 0 Å². The number of nitrogens with two attached hydrogens (primary N) is 1. The molecule has 2 saturated carbocycles. The smallest absolute Gasteiger partial charge is 0.0249 e. The van der Waals surface area contributed by atoms with E-state index in [-0.39, 0.29) is 0 Å². The van der Waals surface area contributed by atoms with E-state index in [0.717, 1.165) is 24.4 Å².